The molecule has 1 heterocycles. The van der Waals surface area contributed by atoms with Crippen LogP contribution in [0.4, 0.5) is 10.3 Å². The smallest absolute Gasteiger partial charge is 0.203 e. The third-order valence-electron chi connectivity index (χ3n) is 2.80. The van der Waals surface area contributed by atoms with E-state index in [2.05, 4.69) is 17.2 Å². The van der Waals surface area contributed by atoms with E-state index in [0.29, 0.717) is 6.54 Å². The maximum atomic E-state index is 12.8. The molecule has 4 heteroatoms. The van der Waals surface area contributed by atoms with E-state index < -0.39 is 0 Å². The molecule has 2 rings (SSSR count). The molecule has 18 heavy (non-hydrogen) atoms. The van der Waals surface area contributed by atoms with Crippen molar-refractivity contribution in [1.29, 1.82) is 0 Å². The van der Waals surface area contributed by atoms with Crippen molar-refractivity contribution in [2.45, 2.75) is 26.3 Å². The molecule has 0 unspecified atom stereocenters. The van der Waals surface area contributed by atoms with Crippen molar-refractivity contribution in [2.24, 2.45) is 0 Å². The van der Waals surface area contributed by atoms with E-state index in [1.54, 1.807) is 18.3 Å². The van der Waals surface area contributed by atoms with Gasteiger partial charge in [0.2, 0.25) is 5.95 Å². The topological polar surface area (TPSA) is 29.9 Å². The summed E-state index contributed by atoms with van der Waals surface area (Å²) in [4.78, 5) is 4.28. The number of halogens is 1. The lowest BCUT2D eigenvalue weighted by Crippen LogP contribution is -2.09. The molecule has 0 radical (unpaired) electrons. The first-order valence-electron chi connectivity index (χ1n) is 6.29. The Morgan fingerprint density at radius 2 is 2.06 bits per heavy atom. The number of unbranched alkanes of at least 4 members (excludes halogenated alkanes) is 1. The molecule has 0 atom stereocenters. The fourth-order valence-corrected chi connectivity index (χ4v) is 1.77. The van der Waals surface area contributed by atoms with E-state index in [1.807, 2.05) is 10.8 Å². The van der Waals surface area contributed by atoms with Crippen molar-refractivity contribution in [2.75, 3.05) is 11.9 Å². The van der Waals surface area contributed by atoms with Gasteiger partial charge in [0, 0.05) is 18.9 Å². The van der Waals surface area contributed by atoms with Gasteiger partial charge < -0.3 is 9.88 Å². The summed E-state index contributed by atoms with van der Waals surface area (Å²) < 4.78 is 14.8. The quantitative estimate of drug-likeness (QED) is 0.794. The van der Waals surface area contributed by atoms with E-state index in [1.165, 1.54) is 12.1 Å². The second-order valence-electron chi connectivity index (χ2n) is 4.29. The zero-order chi connectivity index (χ0) is 12.8. The summed E-state index contributed by atoms with van der Waals surface area (Å²) in [6.45, 7) is 3.79. The number of hydrogen-bond acceptors (Lipinski definition) is 2. The van der Waals surface area contributed by atoms with Crippen LogP contribution in [0.25, 0.3) is 0 Å². The summed E-state index contributed by atoms with van der Waals surface area (Å²) in [6, 6.07) is 6.56. The van der Waals surface area contributed by atoms with Crippen LogP contribution in [0.2, 0.25) is 0 Å². The molecule has 0 fully saturated rings. The Morgan fingerprint density at radius 3 is 2.78 bits per heavy atom. The third kappa shape index (κ3) is 3.32. The highest BCUT2D eigenvalue weighted by Gasteiger charge is 2.02. The van der Waals surface area contributed by atoms with Crippen LogP contribution >= 0.6 is 0 Å². The molecule has 0 aliphatic rings. The average Bonchev–Trinajstić information content (AvgIpc) is 2.80. The Morgan fingerprint density at radius 1 is 1.28 bits per heavy atom. The number of rotatable bonds is 6. The highest BCUT2D eigenvalue weighted by Crippen LogP contribution is 2.10. The van der Waals surface area contributed by atoms with Gasteiger partial charge in [0.1, 0.15) is 5.82 Å². The number of benzene rings is 1. The minimum absolute atomic E-state index is 0.203. The number of imidazole rings is 1. The first-order valence-corrected chi connectivity index (χ1v) is 6.29. The van der Waals surface area contributed by atoms with Gasteiger partial charge in [-0.05, 0) is 24.1 Å². The lowest BCUT2D eigenvalue weighted by molar-refractivity contribution is 0.626. The Labute approximate surface area is 107 Å². The molecule has 0 saturated carbocycles. The van der Waals surface area contributed by atoms with Crippen LogP contribution in [0.3, 0.4) is 0 Å². The summed E-state index contributed by atoms with van der Waals surface area (Å²) in [5, 5.41) is 3.30. The predicted octanol–water partition coefficient (Wildman–Crippen LogP) is 3.28. The standard InChI is InChI=1S/C14H18FN3/c1-2-3-8-16-14-17-9-10-18(14)11-12-4-6-13(15)7-5-12/h4-7,9-10H,2-3,8,11H2,1H3,(H,16,17). The number of aromatic nitrogens is 2. The molecule has 0 saturated heterocycles. The van der Waals surface area contributed by atoms with Gasteiger partial charge in [-0.2, -0.15) is 0 Å². The summed E-state index contributed by atoms with van der Waals surface area (Å²) >= 11 is 0. The first kappa shape index (κ1) is 12.6. The molecular formula is C14H18FN3. The van der Waals surface area contributed by atoms with E-state index in [0.717, 1.165) is 30.9 Å². The molecule has 96 valence electrons. The largest absolute Gasteiger partial charge is 0.356 e. The van der Waals surface area contributed by atoms with Crippen molar-refractivity contribution in [3.8, 4) is 0 Å². The van der Waals surface area contributed by atoms with E-state index in [-0.39, 0.29) is 5.82 Å². The molecule has 0 aliphatic carbocycles. The van der Waals surface area contributed by atoms with Crippen molar-refractivity contribution < 1.29 is 4.39 Å². The summed E-state index contributed by atoms with van der Waals surface area (Å²) in [6.07, 6.45) is 5.99. The molecule has 2 aromatic rings. The number of hydrogen-bond donors (Lipinski definition) is 1. The van der Waals surface area contributed by atoms with Crippen LogP contribution in [0.1, 0.15) is 25.3 Å². The summed E-state index contributed by atoms with van der Waals surface area (Å²) in [7, 11) is 0. The Balaban J connectivity index is 2.00. The molecule has 0 bridgehead atoms. The summed E-state index contributed by atoms with van der Waals surface area (Å²) in [5.41, 5.74) is 1.06. The van der Waals surface area contributed by atoms with Crippen molar-refractivity contribution >= 4 is 5.95 Å². The van der Waals surface area contributed by atoms with Gasteiger partial charge in [-0.1, -0.05) is 25.5 Å². The lowest BCUT2D eigenvalue weighted by atomic mass is 10.2. The maximum Gasteiger partial charge on any atom is 0.203 e. The van der Waals surface area contributed by atoms with Gasteiger partial charge in [0.25, 0.3) is 0 Å². The van der Waals surface area contributed by atoms with Gasteiger partial charge in [0.05, 0.1) is 6.54 Å². The predicted molar refractivity (Wildman–Crippen MR) is 71.1 cm³/mol. The zero-order valence-corrected chi connectivity index (χ0v) is 10.6. The van der Waals surface area contributed by atoms with E-state index >= 15 is 0 Å². The van der Waals surface area contributed by atoms with Crippen LogP contribution in [0, 0.1) is 5.82 Å². The SMILES string of the molecule is CCCCNc1nccn1Cc1ccc(F)cc1. The third-order valence-corrected chi connectivity index (χ3v) is 2.80. The van der Waals surface area contributed by atoms with Crippen LogP contribution < -0.4 is 5.32 Å². The molecule has 1 aromatic heterocycles. The fourth-order valence-electron chi connectivity index (χ4n) is 1.77. The minimum Gasteiger partial charge on any atom is -0.356 e. The van der Waals surface area contributed by atoms with Crippen molar-refractivity contribution in [3.63, 3.8) is 0 Å². The van der Waals surface area contributed by atoms with Gasteiger partial charge in [0.15, 0.2) is 0 Å². The minimum atomic E-state index is -0.203. The Bertz CT molecular complexity index is 476. The van der Waals surface area contributed by atoms with Crippen LogP contribution in [0.5, 0.6) is 0 Å². The Kier molecular flexibility index (Phi) is 4.34. The molecule has 0 amide bonds. The molecule has 1 N–H and O–H groups in total. The molecular weight excluding hydrogens is 229 g/mol. The second-order valence-corrected chi connectivity index (χ2v) is 4.29. The van der Waals surface area contributed by atoms with Crippen LogP contribution in [0.15, 0.2) is 36.7 Å². The van der Waals surface area contributed by atoms with E-state index in [4.69, 9.17) is 0 Å². The second kappa shape index (κ2) is 6.19. The first-order chi connectivity index (χ1) is 8.79. The normalized spacial score (nSPS) is 10.6. The van der Waals surface area contributed by atoms with Crippen LogP contribution in [-0.2, 0) is 6.54 Å². The number of nitrogens with one attached hydrogen (secondary N) is 1. The number of nitrogens with zero attached hydrogens (tertiary/aromatic N) is 2. The molecule has 1 aromatic carbocycles. The summed E-state index contributed by atoms with van der Waals surface area (Å²) in [5.74, 6) is 0.665. The van der Waals surface area contributed by atoms with Crippen molar-refractivity contribution in [3.05, 3.63) is 48.0 Å². The van der Waals surface area contributed by atoms with Gasteiger partial charge in [-0.3, -0.25) is 0 Å². The lowest BCUT2D eigenvalue weighted by Gasteiger charge is -2.09. The maximum absolute atomic E-state index is 12.8. The van der Waals surface area contributed by atoms with Gasteiger partial charge >= 0.3 is 0 Å². The zero-order valence-electron chi connectivity index (χ0n) is 10.6. The molecule has 0 aliphatic heterocycles. The fraction of sp³-hybridized carbons (Fsp3) is 0.357. The Hall–Kier alpha value is -1.84. The highest BCUT2D eigenvalue weighted by molar-refractivity contribution is 5.28. The van der Waals surface area contributed by atoms with Gasteiger partial charge in [-0.25, -0.2) is 9.37 Å². The highest BCUT2D eigenvalue weighted by atomic mass is 19.1. The number of anilines is 1. The van der Waals surface area contributed by atoms with E-state index in [9.17, 15) is 4.39 Å². The average molecular weight is 247 g/mol. The van der Waals surface area contributed by atoms with Gasteiger partial charge in [-0.15, -0.1) is 0 Å². The monoisotopic (exact) mass is 247 g/mol. The molecule has 3 nitrogen and oxygen atoms in total. The molecule has 0 spiro atoms. The van der Waals surface area contributed by atoms with Crippen LogP contribution in [-0.4, -0.2) is 16.1 Å². The van der Waals surface area contributed by atoms with Crippen molar-refractivity contribution in [1.82, 2.24) is 9.55 Å².